The largest absolute Gasteiger partial charge is 0.497 e. The molecule has 0 aromatic heterocycles. The standard InChI is InChI=1S/C9H15NO/c1-9(7-10)5-3-8(11-2)4-6-9/h3-5H,6-7,10H2,1-2H3. The molecule has 1 aliphatic carbocycles. The fraction of sp³-hybridized carbons (Fsp3) is 0.556. The molecule has 0 radical (unpaired) electrons. The predicted octanol–water partition coefficient (Wildman–Crippen LogP) is 1.44. The van der Waals surface area contributed by atoms with E-state index in [9.17, 15) is 0 Å². The number of nitrogens with two attached hydrogens (primary N) is 1. The van der Waals surface area contributed by atoms with Crippen molar-refractivity contribution in [3.05, 3.63) is 24.0 Å². The first kappa shape index (κ1) is 8.34. The number of allylic oxidation sites excluding steroid dienone is 2. The fourth-order valence-corrected chi connectivity index (χ4v) is 1.06. The second-order valence-corrected chi connectivity index (χ2v) is 3.21. The van der Waals surface area contributed by atoms with Crippen LogP contribution in [-0.4, -0.2) is 13.7 Å². The molecule has 0 bridgehead atoms. The lowest BCUT2D eigenvalue weighted by molar-refractivity contribution is 0.295. The Balaban J connectivity index is 2.63. The van der Waals surface area contributed by atoms with Crippen LogP contribution in [-0.2, 0) is 4.74 Å². The maximum absolute atomic E-state index is 5.60. The molecule has 1 unspecified atom stereocenters. The molecule has 62 valence electrons. The van der Waals surface area contributed by atoms with Crippen molar-refractivity contribution in [1.29, 1.82) is 0 Å². The molecule has 1 aliphatic rings. The monoisotopic (exact) mass is 153 g/mol. The van der Waals surface area contributed by atoms with Crippen LogP contribution in [0.5, 0.6) is 0 Å². The lowest BCUT2D eigenvalue weighted by Gasteiger charge is -2.25. The summed E-state index contributed by atoms with van der Waals surface area (Å²) in [5.74, 6) is 0.941. The van der Waals surface area contributed by atoms with Crippen LogP contribution in [0.4, 0.5) is 0 Å². The van der Waals surface area contributed by atoms with Gasteiger partial charge in [0.15, 0.2) is 0 Å². The lowest BCUT2D eigenvalue weighted by atomic mass is 9.84. The minimum Gasteiger partial charge on any atom is -0.497 e. The van der Waals surface area contributed by atoms with Gasteiger partial charge in [0.05, 0.1) is 7.11 Å². The molecular weight excluding hydrogens is 138 g/mol. The third-order valence-corrected chi connectivity index (χ3v) is 2.12. The molecular formula is C9H15NO. The van der Waals surface area contributed by atoms with E-state index in [0.717, 1.165) is 12.2 Å². The summed E-state index contributed by atoms with van der Waals surface area (Å²) in [6.07, 6.45) is 7.15. The van der Waals surface area contributed by atoms with Gasteiger partial charge >= 0.3 is 0 Å². The molecule has 0 saturated heterocycles. The molecule has 0 saturated carbocycles. The summed E-state index contributed by atoms with van der Waals surface area (Å²) in [6.45, 7) is 2.84. The van der Waals surface area contributed by atoms with Crippen molar-refractivity contribution in [2.45, 2.75) is 13.3 Å². The van der Waals surface area contributed by atoms with Crippen LogP contribution in [0.2, 0.25) is 0 Å². The summed E-state index contributed by atoms with van der Waals surface area (Å²) < 4.78 is 5.06. The minimum atomic E-state index is 0.141. The van der Waals surface area contributed by atoms with Crippen molar-refractivity contribution in [3.8, 4) is 0 Å². The van der Waals surface area contributed by atoms with Crippen molar-refractivity contribution >= 4 is 0 Å². The van der Waals surface area contributed by atoms with E-state index in [2.05, 4.69) is 19.1 Å². The molecule has 1 atom stereocenters. The number of rotatable bonds is 2. The third kappa shape index (κ3) is 1.84. The van der Waals surface area contributed by atoms with Crippen LogP contribution in [0.25, 0.3) is 0 Å². The number of methoxy groups -OCH3 is 1. The van der Waals surface area contributed by atoms with Crippen LogP contribution in [0.15, 0.2) is 24.0 Å². The fourth-order valence-electron chi connectivity index (χ4n) is 1.06. The van der Waals surface area contributed by atoms with E-state index in [1.807, 2.05) is 6.08 Å². The highest BCUT2D eigenvalue weighted by Crippen LogP contribution is 2.27. The first-order valence-electron chi connectivity index (χ1n) is 3.84. The average Bonchev–Trinajstić information content (AvgIpc) is 2.06. The van der Waals surface area contributed by atoms with E-state index >= 15 is 0 Å². The zero-order chi connectivity index (χ0) is 8.32. The normalized spacial score (nSPS) is 29.9. The Bertz CT molecular complexity index is 196. The van der Waals surface area contributed by atoms with Crippen LogP contribution in [0, 0.1) is 5.41 Å². The number of hydrogen-bond donors (Lipinski definition) is 1. The zero-order valence-electron chi connectivity index (χ0n) is 7.13. The summed E-state index contributed by atoms with van der Waals surface area (Å²) in [4.78, 5) is 0. The molecule has 2 N–H and O–H groups in total. The molecule has 0 amide bonds. The van der Waals surface area contributed by atoms with Crippen molar-refractivity contribution < 1.29 is 4.74 Å². The van der Waals surface area contributed by atoms with Gasteiger partial charge in [-0.15, -0.1) is 0 Å². The highest BCUT2D eigenvalue weighted by Gasteiger charge is 2.20. The van der Waals surface area contributed by atoms with Gasteiger partial charge in [0, 0.05) is 12.0 Å². The van der Waals surface area contributed by atoms with Gasteiger partial charge in [0.25, 0.3) is 0 Å². The molecule has 0 aliphatic heterocycles. The van der Waals surface area contributed by atoms with Gasteiger partial charge in [0.2, 0.25) is 0 Å². The van der Waals surface area contributed by atoms with E-state index in [-0.39, 0.29) is 5.41 Å². The quantitative estimate of drug-likeness (QED) is 0.651. The molecule has 11 heavy (non-hydrogen) atoms. The second kappa shape index (κ2) is 3.09. The molecule has 0 heterocycles. The third-order valence-electron chi connectivity index (χ3n) is 2.12. The Hall–Kier alpha value is -0.760. The molecule has 2 nitrogen and oxygen atoms in total. The van der Waals surface area contributed by atoms with Gasteiger partial charge < -0.3 is 10.5 Å². The Labute approximate surface area is 67.7 Å². The smallest absolute Gasteiger partial charge is 0.114 e. The lowest BCUT2D eigenvalue weighted by Crippen LogP contribution is -2.25. The van der Waals surface area contributed by atoms with Crippen molar-refractivity contribution in [1.82, 2.24) is 0 Å². The first-order chi connectivity index (χ1) is 5.20. The molecule has 1 rings (SSSR count). The zero-order valence-corrected chi connectivity index (χ0v) is 7.13. The van der Waals surface area contributed by atoms with E-state index in [4.69, 9.17) is 10.5 Å². The van der Waals surface area contributed by atoms with Gasteiger partial charge in [-0.3, -0.25) is 0 Å². The Morgan fingerprint density at radius 2 is 2.45 bits per heavy atom. The summed E-state index contributed by atoms with van der Waals surface area (Å²) in [6, 6.07) is 0. The SMILES string of the molecule is COC1=CCC(C)(CN)C=C1. The second-order valence-electron chi connectivity index (χ2n) is 3.21. The highest BCUT2D eigenvalue weighted by molar-refractivity contribution is 5.21. The Morgan fingerprint density at radius 3 is 2.82 bits per heavy atom. The Kier molecular flexibility index (Phi) is 2.35. The average molecular weight is 153 g/mol. The van der Waals surface area contributed by atoms with Crippen LogP contribution < -0.4 is 5.73 Å². The topological polar surface area (TPSA) is 35.2 Å². The van der Waals surface area contributed by atoms with Crippen LogP contribution in [0.3, 0.4) is 0 Å². The van der Waals surface area contributed by atoms with E-state index in [1.54, 1.807) is 7.11 Å². The molecule has 2 heteroatoms. The molecule has 0 spiro atoms. The van der Waals surface area contributed by atoms with Gasteiger partial charge in [0.1, 0.15) is 5.76 Å². The van der Waals surface area contributed by atoms with Gasteiger partial charge in [-0.05, 0) is 18.6 Å². The van der Waals surface area contributed by atoms with Crippen LogP contribution in [0.1, 0.15) is 13.3 Å². The Morgan fingerprint density at radius 1 is 1.73 bits per heavy atom. The van der Waals surface area contributed by atoms with Crippen molar-refractivity contribution in [3.63, 3.8) is 0 Å². The summed E-state index contributed by atoms with van der Waals surface area (Å²) >= 11 is 0. The van der Waals surface area contributed by atoms with E-state index < -0.39 is 0 Å². The molecule has 0 aromatic rings. The minimum absolute atomic E-state index is 0.141. The van der Waals surface area contributed by atoms with Crippen molar-refractivity contribution in [2.75, 3.05) is 13.7 Å². The van der Waals surface area contributed by atoms with Gasteiger partial charge in [-0.2, -0.15) is 0 Å². The first-order valence-corrected chi connectivity index (χ1v) is 3.84. The van der Waals surface area contributed by atoms with Gasteiger partial charge in [-0.1, -0.05) is 13.0 Å². The number of ether oxygens (including phenoxy) is 1. The van der Waals surface area contributed by atoms with E-state index in [0.29, 0.717) is 6.54 Å². The highest BCUT2D eigenvalue weighted by atomic mass is 16.5. The maximum Gasteiger partial charge on any atom is 0.114 e. The van der Waals surface area contributed by atoms with Crippen LogP contribution >= 0.6 is 0 Å². The van der Waals surface area contributed by atoms with E-state index in [1.165, 1.54) is 0 Å². The van der Waals surface area contributed by atoms with Crippen molar-refractivity contribution in [2.24, 2.45) is 11.1 Å². The molecule has 0 fully saturated rings. The summed E-state index contributed by atoms with van der Waals surface area (Å²) in [5.41, 5.74) is 5.74. The molecule has 0 aromatic carbocycles. The van der Waals surface area contributed by atoms with Gasteiger partial charge in [-0.25, -0.2) is 0 Å². The summed E-state index contributed by atoms with van der Waals surface area (Å²) in [7, 11) is 1.68. The summed E-state index contributed by atoms with van der Waals surface area (Å²) in [5, 5.41) is 0. The maximum atomic E-state index is 5.60. The number of hydrogen-bond acceptors (Lipinski definition) is 2. The predicted molar refractivity (Wildman–Crippen MR) is 46.0 cm³/mol.